The van der Waals surface area contributed by atoms with Gasteiger partial charge in [-0.1, -0.05) is 42.5 Å². The second kappa shape index (κ2) is 9.10. The molecule has 1 aliphatic rings. The molecule has 3 aromatic rings. The molecule has 1 heterocycles. The Balaban J connectivity index is 1.70. The summed E-state index contributed by atoms with van der Waals surface area (Å²) >= 11 is 1.52. The minimum absolute atomic E-state index is 0.0740. The van der Waals surface area contributed by atoms with Gasteiger partial charge in [-0.2, -0.15) is 0 Å². The van der Waals surface area contributed by atoms with E-state index >= 15 is 0 Å². The maximum atomic E-state index is 13.3. The zero-order valence-corrected chi connectivity index (χ0v) is 17.8. The molecule has 0 saturated carbocycles. The van der Waals surface area contributed by atoms with E-state index in [9.17, 15) is 14.4 Å². The van der Waals surface area contributed by atoms with E-state index in [0.717, 1.165) is 4.88 Å². The third-order valence-corrected chi connectivity index (χ3v) is 6.44. The second-order valence-corrected chi connectivity index (χ2v) is 8.44. The molecule has 0 fully saturated rings. The molecule has 2 unspecified atom stereocenters. The van der Waals surface area contributed by atoms with Crippen LogP contribution in [0.2, 0.25) is 0 Å². The Labute approximate surface area is 184 Å². The lowest BCUT2D eigenvalue weighted by atomic mass is 9.73. The number of para-hydroxylation sites is 2. The van der Waals surface area contributed by atoms with Crippen molar-refractivity contribution in [2.24, 2.45) is 5.92 Å². The number of amides is 2. The fourth-order valence-electron chi connectivity index (χ4n) is 4.01. The molecule has 1 aliphatic carbocycles. The molecule has 5 nitrogen and oxygen atoms in total. The molecule has 0 bridgehead atoms. The first-order valence-corrected chi connectivity index (χ1v) is 10.9. The minimum atomic E-state index is -0.618. The van der Waals surface area contributed by atoms with Crippen molar-refractivity contribution in [2.75, 3.05) is 10.6 Å². The van der Waals surface area contributed by atoms with Crippen molar-refractivity contribution >= 4 is 40.3 Å². The van der Waals surface area contributed by atoms with Crippen molar-refractivity contribution in [3.8, 4) is 0 Å². The van der Waals surface area contributed by atoms with Crippen molar-refractivity contribution in [1.82, 2.24) is 0 Å². The molecule has 0 aliphatic heterocycles. The highest BCUT2D eigenvalue weighted by atomic mass is 32.1. The number of thiophene rings is 1. The summed E-state index contributed by atoms with van der Waals surface area (Å²) in [5.74, 6) is -1.86. The van der Waals surface area contributed by atoms with Crippen molar-refractivity contribution in [3.63, 3.8) is 0 Å². The highest BCUT2D eigenvalue weighted by molar-refractivity contribution is 7.10. The summed E-state index contributed by atoms with van der Waals surface area (Å²) < 4.78 is 0. The normalized spacial score (nSPS) is 18.5. The van der Waals surface area contributed by atoms with Crippen LogP contribution >= 0.6 is 11.3 Å². The Hall–Kier alpha value is -3.51. The van der Waals surface area contributed by atoms with Crippen LogP contribution in [-0.2, 0) is 14.4 Å². The standard InChI is InChI=1S/C25H22N2O3S/c1-16-22(24(29)26-17-9-4-2-5-10-17)19(21-13-8-14-31-21)15-20(28)23(16)25(30)27-18-11-6-3-7-12-18/h2-14,19,22H,15H2,1H3,(H,26,29)(H,27,30). The van der Waals surface area contributed by atoms with Crippen LogP contribution in [0.3, 0.4) is 0 Å². The van der Waals surface area contributed by atoms with Crippen molar-refractivity contribution < 1.29 is 14.4 Å². The summed E-state index contributed by atoms with van der Waals surface area (Å²) in [5, 5.41) is 7.66. The zero-order chi connectivity index (χ0) is 21.8. The summed E-state index contributed by atoms with van der Waals surface area (Å²) in [5.41, 5.74) is 1.85. The van der Waals surface area contributed by atoms with E-state index in [4.69, 9.17) is 0 Å². The van der Waals surface area contributed by atoms with Crippen molar-refractivity contribution in [2.45, 2.75) is 19.3 Å². The van der Waals surface area contributed by atoms with Gasteiger partial charge in [-0.3, -0.25) is 14.4 Å². The zero-order valence-electron chi connectivity index (χ0n) is 17.0. The van der Waals surface area contributed by atoms with Gasteiger partial charge in [0, 0.05) is 28.6 Å². The summed E-state index contributed by atoms with van der Waals surface area (Å²) in [7, 11) is 0. The Morgan fingerprint density at radius 3 is 2.06 bits per heavy atom. The van der Waals surface area contributed by atoms with E-state index in [1.807, 2.05) is 66.0 Å². The molecule has 2 amide bonds. The average Bonchev–Trinajstić information content (AvgIpc) is 3.29. The lowest BCUT2D eigenvalue weighted by molar-refractivity contribution is -0.122. The number of rotatable bonds is 5. The predicted molar refractivity (Wildman–Crippen MR) is 123 cm³/mol. The molecule has 0 spiro atoms. The number of nitrogens with one attached hydrogen (secondary N) is 2. The summed E-state index contributed by atoms with van der Waals surface area (Å²) in [4.78, 5) is 40.3. The highest BCUT2D eigenvalue weighted by Crippen LogP contribution is 2.42. The Kier molecular flexibility index (Phi) is 6.09. The van der Waals surface area contributed by atoms with Gasteiger partial charge in [0.05, 0.1) is 11.5 Å². The van der Waals surface area contributed by atoms with Gasteiger partial charge in [0.1, 0.15) is 0 Å². The van der Waals surface area contributed by atoms with E-state index in [-0.39, 0.29) is 29.6 Å². The highest BCUT2D eigenvalue weighted by Gasteiger charge is 2.41. The van der Waals surface area contributed by atoms with Gasteiger partial charge in [-0.25, -0.2) is 0 Å². The molecule has 31 heavy (non-hydrogen) atoms. The molecule has 1 aromatic heterocycles. The van der Waals surface area contributed by atoms with Gasteiger partial charge in [-0.05, 0) is 48.2 Å². The lowest BCUT2D eigenvalue weighted by Crippen LogP contribution is -2.37. The predicted octanol–water partition coefficient (Wildman–Crippen LogP) is 5.01. The number of anilines is 2. The van der Waals surface area contributed by atoms with Crippen LogP contribution < -0.4 is 10.6 Å². The first-order chi connectivity index (χ1) is 15.0. The molecule has 2 atom stereocenters. The summed E-state index contributed by atoms with van der Waals surface area (Å²) in [6.07, 6.45) is 0.113. The van der Waals surface area contributed by atoms with Crippen molar-refractivity contribution in [3.05, 3.63) is 94.2 Å². The van der Waals surface area contributed by atoms with E-state index < -0.39 is 11.8 Å². The molecule has 0 radical (unpaired) electrons. The number of Topliss-reactive ketones (excluding diaryl/α,β-unsaturated/α-hetero) is 1. The Bertz CT molecular complexity index is 1120. The van der Waals surface area contributed by atoms with Crippen LogP contribution in [0, 0.1) is 5.92 Å². The number of hydrogen-bond acceptors (Lipinski definition) is 4. The number of hydrogen-bond donors (Lipinski definition) is 2. The molecular formula is C25H22N2O3S. The molecule has 2 N–H and O–H groups in total. The number of carbonyl (C=O) groups excluding carboxylic acids is 3. The van der Waals surface area contributed by atoms with Gasteiger partial charge in [-0.15, -0.1) is 11.3 Å². The average molecular weight is 431 g/mol. The number of ketones is 1. The van der Waals surface area contributed by atoms with E-state index in [2.05, 4.69) is 10.6 Å². The van der Waals surface area contributed by atoms with Crippen LogP contribution in [-0.4, -0.2) is 17.6 Å². The van der Waals surface area contributed by atoms with Crippen LogP contribution in [0.25, 0.3) is 0 Å². The van der Waals surface area contributed by atoms with Gasteiger partial charge in [0.2, 0.25) is 5.91 Å². The summed E-state index contributed by atoms with van der Waals surface area (Å²) in [6.45, 7) is 1.72. The lowest BCUT2D eigenvalue weighted by Gasteiger charge is -2.32. The number of carbonyl (C=O) groups is 3. The third-order valence-electron chi connectivity index (χ3n) is 5.44. The van der Waals surface area contributed by atoms with Crippen LogP contribution in [0.5, 0.6) is 0 Å². The van der Waals surface area contributed by atoms with Gasteiger partial charge < -0.3 is 10.6 Å². The minimum Gasteiger partial charge on any atom is -0.326 e. The van der Waals surface area contributed by atoms with E-state index in [0.29, 0.717) is 16.9 Å². The van der Waals surface area contributed by atoms with E-state index in [1.165, 1.54) is 11.3 Å². The van der Waals surface area contributed by atoms with Crippen LogP contribution in [0.4, 0.5) is 11.4 Å². The first kappa shape index (κ1) is 20.8. The SMILES string of the molecule is CC1=C(C(=O)Nc2ccccc2)C(=O)CC(c2cccs2)C1C(=O)Nc1ccccc1. The molecular weight excluding hydrogens is 408 g/mol. The molecule has 6 heteroatoms. The Morgan fingerprint density at radius 2 is 1.48 bits per heavy atom. The fourth-order valence-corrected chi connectivity index (χ4v) is 4.87. The first-order valence-electron chi connectivity index (χ1n) is 10.0. The van der Waals surface area contributed by atoms with Crippen LogP contribution in [0.15, 0.2) is 89.3 Å². The maximum absolute atomic E-state index is 13.3. The van der Waals surface area contributed by atoms with Gasteiger partial charge in [0.15, 0.2) is 5.78 Å². The molecule has 4 rings (SSSR count). The van der Waals surface area contributed by atoms with Crippen molar-refractivity contribution in [1.29, 1.82) is 0 Å². The molecule has 0 saturated heterocycles. The summed E-state index contributed by atoms with van der Waals surface area (Å²) in [6, 6.07) is 22.0. The molecule has 156 valence electrons. The maximum Gasteiger partial charge on any atom is 0.259 e. The second-order valence-electron chi connectivity index (χ2n) is 7.46. The fraction of sp³-hybridized carbons (Fsp3) is 0.160. The van der Waals surface area contributed by atoms with Gasteiger partial charge in [0.25, 0.3) is 5.91 Å². The Morgan fingerprint density at radius 1 is 0.871 bits per heavy atom. The van der Waals surface area contributed by atoms with Crippen LogP contribution in [0.1, 0.15) is 24.1 Å². The molecule has 2 aromatic carbocycles. The quantitative estimate of drug-likeness (QED) is 0.559. The largest absolute Gasteiger partial charge is 0.326 e. The number of benzene rings is 2. The smallest absolute Gasteiger partial charge is 0.259 e. The van der Waals surface area contributed by atoms with Gasteiger partial charge >= 0.3 is 0 Å². The topological polar surface area (TPSA) is 75.3 Å². The monoisotopic (exact) mass is 430 g/mol. The van der Waals surface area contributed by atoms with E-state index in [1.54, 1.807) is 19.1 Å². The third kappa shape index (κ3) is 4.49.